The number of rotatable bonds is 4. The first-order valence-corrected chi connectivity index (χ1v) is 7.26. The van der Waals surface area contributed by atoms with Gasteiger partial charge in [0, 0.05) is 19.1 Å². The highest BCUT2D eigenvalue weighted by atomic mass is 15.1. The van der Waals surface area contributed by atoms with Crippen molar-refractivity contribution < 1.29 is 0 Å². The molecule has 3 heteroatoms. The van der Waals surface area contributed by atoms with Gasteiger partial charge in [-0.05, 0) is 36.7 Å². The van der Waals surface area contributed by atoms with E-state index in [9.17, 15) is 0 Å². The van der Waals surface area contributed by atoms with Gasteiger partial charge < -0.3 is 10.2 Å². The van der Waals surface area contributed by atoms with Gasteiger partial charge in [-0.3, -0.25) is 4.98 Å². The Hall–Kier alpha value is -1.87. The van der Waals surface area contributed by atoms with E-state index in [1.165, 1.54) is 16.8 Å². The Bertz CT molecular complexity index is 548. The topological polar surface area (TPSA) is 28.2 Å². The lowest BCUT2D eigenvalue weighted by atomic mass is 10.1. The number of hydrogen-bond acceptors (Lipinski definition) is 3. The van der Waals surface area contributed by atoms with Gasteiger partial charge in [-0.25, -0.2) is 0 Å². The van der Waals surface area contributed by atoms with Crippen LogP contribution in [0.2, 0.25) is 0 Å². The van der Waals surface area contributed by atoms with E-state index in [2.05, 4.69) is 58.5 Å². The molecule has 1 aromatic heterocycles. The Morgan fingerprint density at radius 3 is 2.35 bits per heavy atom. The van der Waals surface area contributed by atoms with Gasteiger partial charge in [0.2, 0.25) is 0 Å². The van der Waals surface area contributed by atoms with E-state index in [4.69, 9.17) is 0 Å². The Morgan fingerprint density at radius 2 is 1.85 bits per heavy atom. The van der Waals surface area contributed by atoms with Crippen LogP contribution in [0.3, 0.4) is 0 Å². The highest BCUT2D eigenvalue weighted by molar-refractivity contribution is 5.50. The molecule has 1 aliphatic heterocycles. The van der Waals surface area contributed by atoms with Crippen molar-refractivity contribution >= 4 is 5.69 Å². The molecular weight excluding hydrogens is 246 g/mol. The van der Waals surface area contributed by atoms with Gasteiger partial charge in [0.05, 0.1) is 17.6 Å². The molecule has 0 radical (unpaired) electrons. The summed E-state index contributed by atoms with van der Waals surface area (Å²) in [6.45, 7) is 4.15. The zero-order valence-electron chi connectivity index (χ0n) is 12.1. The SMILES string of the molecule is CCC(NC)c1ccc(N2Cc3ccccc3C2)cn1. The fourth-order valence-electron chi connectivity index (χ4n) is 2.87. The molecule has 1 aliphatic rings. The molecule has 104 valence electrons. The van der Waals surface area contributed by atoms with Crippen molar-refractivity contribution in [3.8, 4) is 0 Å². The van der Waals surface area contributed by atoms with Crippen molar-refractivity contribution in [2.24, 2.45) is 0 Å². The average Bonchev–Trinajstić information content (AvgIpc) is 2.93. The number of aromatic nitrogens is 1. The number of nitrogens with zero attached hydrogens (tertiary/aromatic N) is 2. The van der Waals surface area contributed by atoms with E-state index in [1.54, 1.807) is 0 Å². The molecule has 1 N–H and O–H groups in total. The number of fused-ring (bicyclic) bond motifs is 1. The molecule has 1 atom stereocenters. The van der Waals surface area contributed by atoms with Crippen molar-refractivity contribution in [1.82, 2.24) is 10.3 Å². The highest BCUT2D eigenvalue weighted by Crippen LogP contribution is 2.28. The second kappa shape index (κ2) is 5.63. The van der Waals surface area contributed by atoms with Gasteiger partial charge in [-0.15, -0.1) is 0 Å². The molecule has 2 aromatic rings. The smallest absolute Gasteiger partial charge is 0.0574 e. The van der Waals surface area contributed by atoms with E-state index in [1.807, 2.05) is 13.2 Å². The maximum atomic E-state index is 4.62. The monoisotopic (exact) mass is 267 g/mol. The van der Waals surface area contributed by atoms with E-state index in [-0.39, 0.29) is 0 Å². The average molecular weight is 267 g/mol. The summed E-state index contributed by atoms with van der Waals surface area (Å²) in [5, 5.41) is 3.30. The molecule has 3 rings (SSSR count). The maximum Gasteiger partial charge on any atom is 0.0574 e. The van der Waals surface area contributed by atoms with Crippen LogP contribution in [0.1, 0.15) is 36.2 Å². The van der Waals surface area contributed by atoms with E-state index in [0.29, 0.717) is 6.04 Å². The quantitative estimate of drug-likeness (QED) is 0.921. The molecule has 3 nitrogen and oxygen atoms in total. The lowest BCUT2D eigenvalue weighted by Crippen LogP contribution is -2.18. The second-order valence-corrected chi connectivity index (χ2v) is 5.32. The van der Waals surface area contributed by atoms with Gasteiger partial charge in [-0.2, -0.15) is 0 Å². The van der Waals surface area contributed by atoms with Crippen molar-refractivity contribution in [2.45, 2.75) is 32.5 Å². The Morgan fingerprint density at radius 1 is 1.15 bits per heavy atom. The molecule has 1 unspecified atom stereocenters. The van der Waals surface area contributed by atoms with Crippen molar-refractivity contribution in [3.05, 3.63) is 59.4 Å². The highest BCUT2D eigenvalue weighted by Gasteiger charge is 2.19. The molecule has 20 heavy (non-hydrogen) atoms. The Labute approximate surface area is 120 Å². The molecule has 0 amide bonds. The minimum atomic E-state index is 0.347. The summed E-state index contributed by atoms with van der Waals surface area (Å²) in [6.07, 6.45) is 3.05. The molecule has 1 aromatic carbocycles. The van der Waals surface area contributed by atoms with Gasteiger partial charge in [0.15, 0.2) is 0 Å². The minimum Gasteiger partial charge on any atom is -0.362 e. The molecule has 0 saturated carbocycles. The third-order valence-corrected chi connectivity index (χ3v) is 4.09. The van der Waals surface area contributed by atoms with Gasteiger partial charge in [-0.1, -0.05) is 31.2 Å². The van der Waals surface area contributed by atoms with Gasteiger partial charge in [0.25, 0.3) is 0 Å². The lowest BCUT2D eigenvalue weighted by Gasteiger charge is -2.19. The van der Waals surface area contributed by atoms with Crippen LogP contribution in [-0.2, 0) is 13.1 Å². The molecular formula is C17H21N3. The van der Waals surface area contributed by atoms with E-state index < -0.39 is 0 Å². The standard InChI is InChI=1S/C17H21N3/c1-3-16(18-2)17-9-8-15(10-19-17)20-11-13-6-4-5-7-14(13)12-20/h4-10,16,18H,3,11-12H2,1-2H3. The summed E-state index contributed by atoms with van der Waals surface area (Å²) in [7, 11) is 1.99. The van der Waals surface area contributed by atoms with Gasteiger partial charge in [0.1, 0.15) is 0 Å². The third kappa shape index (κ3) is 2.41. The second-order valence-electron chi connectivity index (χ2n) is 5.32. The molecule has 0 fully saturated rings. The van der Waals surface area contributed by atoms with Crippen LogP contribution in [-0.4, -0.2) is 12.0 Å². The van der Waals surface area contributed by atoms with Crippen molar-refractivity contribution in [2.75, 3.05) is 11.9 Å². The summed E-state index contributed by atoms with van der Waals surface area (Å²) in [6, 6.07) is 13.3. The number of benzene rings is 1. The summed E-state index contributed by atoms with van der Waals surface area (Å²) in [5.41, 5.74) is 5.18. The summed E-state index contributed by atoms with van der Waals surface area (Å²) < 4.78 is 0. The van der Waals surface area contributed by atoms with Gasteiger partial charge >= 0.3 is 0 Å². The van der Waals surface area contributed by atoms with E-state index in [0.717, 1.165) is 25.2 Å². The maximum absolute atomic E-state index is 4.62. The minimum absolute atomic E-state index is 0.347. The summed E-state index contributed by atoms with van der Waals surface area (Å²) in [5.74, 6) is 0. The van der Waals surface area contributed by atoms with Crippen molar-refractivity contribution in [1.29, 1.82) is 0 Å². The predicted molar refractivity (Wildman–Crippen MR) is 82.7 cm³/mol. The van der Waals surface area contributed by atoms with Crippen LogP contribution < -0.4 is 10.2 Å². The molecule has 0 saturated heterocycles. The first-order chi connectivity index (χ1) is 9.81. The van der Waals surface area contributed by atoms with Crippen LogP contribution in [0, 0.1) is 0 Å². The Kier molecular flexibility index (Phi) is 3.70. The predicted octanol–water partition coefficient (Wildman–Crippen LogP) is 3.27. The van der Waals surface area contributed by atoms with Crippen LogP contribution in [0.15, 0.2) is 42.6 Å². The number of pyridine rings is 1. The third-order valence-electron chi connectivity index (χ3n) is 4.09. The molecule has 0 aliphatic carbocycles. The zero-order valence-corrected chi connectivity index (χ0v) is 12.1. The first kappa shape index (κ1) is 13.1. The largest absolute Gasteiger partial charge is 0.362 e. The fourth-order valence-corrected chi connectivity index (χ4v) is 2.87. The van der Waals surface area contributed by atoms with E-state index >= 15 is 0 Å². The summed E-state index contributed by atoms with van der Waals surface area (Å²) in [4.78, 5) is 7.00. The fraction of sp³-hybridized carbons (Fsp3) is 0.353. The molecule has 0 spiro atoms. The molecule has 2 heterocycles. The van der Waals surface area contributed by atoms with Crippen LogP contribution in [0.25, 0.3) is 0 Å². The number of nitrogens with one attached hydrogen (secondary N) is 1. The number of hydrogen-bond donors (Lipinski definition) is 1. The lowest BCUT2D eigenvalue weighted by molar-refractivity contribution is 0.561. The first-order valence-electron chi connectivity index (χ1n) is 7.26. The normalized spacial score (nSPS) is 15.2. The van der Waals surface area contributed by atoms with Crippen LogP contribution in [0.4, 0.5) is 5.69 Å². The van der Waals surface area contributed by atoms with Crippen LogP contribution in [0.5, 0.6) is 0 Å². The number of anilines is 1. The zero-order chi connectivity index (χ0) is 13.9. The Balaban J connectivity index is 1.77. The van der Waals surface area contributed by atoms with Crippen molar-refractivity contribution in [3.63, 3.8) is 0 Å². The molecule has 0 bridgehead atoms. The summed E-state index contributed by atoms with van der Waals surface area (Å²) >= 11 is 0. The van der Waals surface area contributed by atoms with Crippen LogP contribution >= 0.6 is 0 Å².